The molecule has 0 spiro atoms. The molecule has 1 aliphatic rings. The Balaban J connectivity index is 1.58. The van der Waals surface area contributed by atoms with Gasteiger partial charge in [0.1, 0.15) is 5.82 Å². The van der Waals surface area contributed by atoms with E-state index in [0.29, 0.717) is 0 Å². The highest BCUT2D eigenvalue weighted by atomic mass is 16.1. The first-order chi connectivity index (χ1) is 10.7. The molecule has 1 fully saturated rings. The minimum absolute atomic E-state index is 0.0560. The molecule has 114 valence electrons. The quantitative estimate of drug-likeness (QED) is 0.946. The Bertz CT molecular complexity index is 636. The average Bonchev–Trinajstić information content (AvgIpc) is 2.56. The molecule has 5 nitrogen and oxygen atoms in total. The first-order valence-corrected chi connectivity index (χ1v) is 7.61. The van der Waals surface area contributed by atoms with Crippen molar-refractivity contribution >= 4 is 17.4 Å². The maximum atomic E-state index is 12.3. The Kier molecular flexibility index (Phi) is 4.32. The van der Waals surface area contributed by atoms with Crippen LogP contribution in [0.4, 0.5) is 11.5 Å². The van der Waals surface area contributed by atoms with Crippen LogP contribution in [0, 0.1) is 12.8 Å². The normalized spacial score (nSPS) is 15.6. The largest absolute Gasteiger partial charge is 0.356 e. The molecule has 3 rings (SSSR count). The van der Waals surface area contributed by atoms with Crippen LogP contribution < -0.4 is 10.2 Å². The van der Waals surface area contributed by atoms with E-state index in [1.165, 1.54) is 5.56 Å². The Labute approximate surface area is 130 Å². The van der Waals surface area contributed by atoms with Crippen LogP contribution in [0.15, 0.2) is 42.9 Å². The maximum Gasteiger partial charge on any atom is 0.227 e. The van der Waals surface area contributed by atoms with E-state index in [0.717, 1.165) is 37.4 Å². The second-order valence-electron chi connectivity index (χ2n) is 5.64. The minimum atomic E-state index is 0.0560. The Morgan fingerprint density at radius 1 is 1.23 bits per heavy atom. The summed E-state index contributed by atoms with van der Waals surface area (Å²) in [5.41, 5.74) is 1.94. The number of rotatable bonds is 3. The monoisotopic (exact) mass is 296 g/mol. The third kappa shape index (κ3) is 3.24. The Hall–Kier alpha value is -2.43. The molecular weight excluding hydrogens is 276 g/mol. The average molecular weight is 296 g/mol. The molecule has 0 aromatic carbocycles. The van der Waals surface area contributed by atoms with Gasteiger partial charge in [0.25, 0.3) is 0 Å². The SMILES string of the molecule is Cc1cccnc1N1CCC(C(=O)Nc2cccnc2)CC1. The summed E-state index contributed by atoms with van der Waals surface area (Å²) in [6, 6.07) is 7.70. The fourth-order valence-electron chi connectivity index (χ4n) is 2.84. The fraction of sp³-hybridized carbons (Fsp3) is 0.353. The summed E-state index contributed by atoms with van der Waals surface area (Å²) in [6.07, 6.45) is 6.89. The van der Waals surface area contributed by atoms with Crippen molar-refractivity contribution in [3.8, 4) is 0 Å². The summed E-state index contributed by atoms with van der Waals surface area (Å²) >= 11 is 0. The molecule has 3 heterocycles. The molecule has 22 heavy (non-hydrogen) atoms. The van der Waals surface area contributed by atoms with Crippen LogP contribution >= 0.6 is 0 Å². The van der Waals surface area contributed by atoms with E-state index in [-0.39, 0.29) is 11.8 Å². The molecule has 0 atom stereocenters. The van der Waals surface area contributed by atoms with E-state index in [1.807, 2.05) is 24.4 Å². The predicted octanol–water partition coefficient (Wildman–Crippen LogP) is 2.64. The van der Waals surface area contributed by atoms with Gasteiger partial charge in [-0.2, -0.15) is 0 Å². The van der Waals surface area contributed by atoms with Gasteiger partial charge in [-0.15, -0.1) is 0 Å². The van der Waals surface area contributed by atoms with Crippen LogP contribution in [-0.2, 0) is 4.79 Å². The number of nitrogens with zero attached hydrogens (tertiary/aromatic N) is 3. The fourth-order valence-corrected chi connectivity index (χ4v) is 2.84. The van der Waals surface area contributed by atoms with Gasteiger partial charge >= 0.3 is 0 Å². The van der Waals surface area contributed by atoms with Gasteiger partial charge in [-0.3, -0.25) is 9.78 Å². The highest BCUT2D eigenvalue weighted by molar-refractivity contribution is 5.92. The van der Waals surface area contributed by atoms with E-state index >= 15 is 0 Å². The number of hydrogen-bond acceptors (Lipinski definition) is 4. The number of carbonyl (C=O) groups excluding carboxylic acids is 1. The van der Waals surface area contributed by atoms with Gasteiger partial charge < -0.3 is 10.2 Å². The number of piperidine rings is 1. The molecule has 0 unspecified atom stereocenters. The predicted molar refractivity (Wildman–Crippen MR) is 86.8 cm³/mol. The van der Waals surface area contributed by atoms with Gasteiger partial charge in [0.2, 0.25) is 5.91 Å². The van der Waals surface area contributed by atoms with Crippen molar-refractivity contribution in [3.63, 3.8) is 0 Å². The van der Waals surface area contributed by atoms with Crippen LogP contribution in [0.1, 0.15) is 18.4 Å². The number of carbonyl (C=O) groups is 1. The molecule has 1 N–H and O–H groups in total. The zero-order chi connectivity index (χ0) is 15.4. The zero-order valence-electron chi connectivity index (χ0n) is 12.7. The lowest BCUT2D eigenvalue weighted by molar-refractivity contribution is -0.120. The van der Waals surface area contributed by atoms with E-state index in [2.05, 4.69) is 33.2 Å². The van der Waals surface area contributed by atoms with Crippen molar-refractivity contribution in [2.24, 2.45) is 5.92 Å². The summed E-state index contributed by atoms with van der Waals surface area (Å²) in [5.74, 6) is 1.18. The first-order valence-electron chi connectivity index (χ1n) is 7.61. The highest BCUT2D eigenvalue weighted by Crippen LogP contribution is 2.24. The molecular formula is C17H20N4O. The number of anilines is 2. The molecule has 1 saturated heterocycles. The molecule has 1 amide bonds. The molecule has 0 bridgehead atoms. The molecule has 0 radical (unpaired) electrons. The Morgan fingerprint density at radius 3 is 2.68 bits per heavy atom. The van der Waals surface area contributed by atoms with Crippen LogP contribution in [0.25, 0.3) is 0 Å². The molecule has 2 aromatic heterocycles. The lowest BCUT2D eigenvalue weighted by Crippen LogP contribution is -2.38. The van der Waals surface area contributed by atoms with E-state index in [1.54, 1.807) is 12.4 Å². The van der Waals surface area contributed by atoms with Gasteiger partial charge in [-0.05, 0) is 43.5 Å². The van der Waals surface area contributed by atoms with E-state index in [4.69, 9.17) is 0 Å². The molecule has 1 aliphatic heterocycles. The van der Waals surface area contributed by atoms with Crippen LogP contribution in [0.5, 0.6) is 0 Å². The van der Waals surface area contributed by atoms with E-state index in [9.17, 15) is 4.79 Å². The number of amides is 1. The van der Waals surface area contributed by atoms with E-state index < -0.39 is 0 Å². The maximum absolute atomic E-state index is 12.3. The second kappa shape index (κ2) is 6.56. The van der Waals surface area contributed by atoms with Crippen LogP contribution in [-0.4, -0.2) is 29.0 Å². The van der Waals surface area contributed by atoms with Gasteiger partial charge in [0, 0.05) is 31.4 Å². The smallest absolute Gasteiger partial charge is 0.227 e. The summed E-state index contributed by atoms with van der Waals surface area (Å²) in [6.45, 7) is 3.80. The summed E-state index contributed by atoms with van der Waals surface area (Å²) in [7, 11) is 0. The number of nitrogens with one attached hydrogen (secondary N) is 1. The van der Waals surface area contributed by atoms with Gasteiger partial charge in [0.05, 0.1) is 11.9 Å². The summed E-state index contributed by atoms with van der Waals surface area (Å²) < 4.78 is 0. The molecule has 0 aliphatic carbocycles. The zero-order valence-corrected chi connectivity index (χ0v) is 12.7. The second-order valence-corrected chi connectivity index (χ2v) is 5.64. The lowest BCUT2D eigenvalue weighted by Gasteiger charge is -2.32. The molecule has 2 aromatic rings. The van der Waals surface area contributed by atoms with Crippen molar-refractivity contribution in [2.45, 2.75) is 19.8 Å². The number of pyridine rings is 2. The van der Waals surface area contributed by atoms with Crippen molar-refractivity contribution in [3.05, 3.63) is 48.4 Å². The number of hydrogen-bond donors (Lipinski definition) is 1. The lowest BCUT2D eigenvalue weighted by atomic mass is 9.95. The third-order valence-corrected chi connectivity index (χ3v) is 4.08. The van der Waals surface area contributed by atoms with Crippen molar-refractivity contribution < 1.29 is 4.79 Å². The molecule has 5 heteroatoms. The van der Waals surface area contributed by atoms with Crippen molar-refractivity contribution in [2.75, 3.05) is 23.3 Å². The standard InChI is InChI=1S/C17H20N4O/c1-13-4-2-9-19-16(13)21-10-6-14(7-11-21)17(22)20-15-5-3-8-18-12-15/h2-5,8-9,12,14H,6-7,10-11H2,1H3,(H,20,22). The Morgan fingerprint density at radius 2 is 2.00 bits per heavy atom. The van der Waals surface area contributed by atoms with Crippen molar-refractivity contribution in [1.29, 1.82) is 0 Å². The van der Waals surface area contributed by atoms with Gasteiger partial charge in [0.15, 0.2) is 0 Å². The number of aryl methyl sites for hydroxylation is 1. The minimum Gasteiger partial charge on any atom is -0.356 e. The first kappa shape index (κ1) is 14.5. The van der Waals surface area contributed by atoms with Crippen LogP contribution in [0.3, 0.4) is 0 Å². The van der Waals surface area contributed by atoms with Crippen molar-refractivity contribution in [1.82, 2.24) is 9.97 Å². The van der Waals surface area contributed by atoms with Crippen LogP contribution in [0.2, 0.25) is 0 Å². The number of aromatic nitrogens is 2. The van der Waals surface area contributed by atoms with Gasteiger partial charge in [-0.25, -0.2) is 4.98 Å². The topological polar surface area (TPSA) is 58.1 Å². The summed E-state index contributed by atoms with van der Waals surface area (Å²) in [4.78, 5) is 23.0. The molecule has 0 saturated carbocycles. The van der Waals surface area contributed by atoms with Gasteiger partial charge in [-0.1, -0.05) is 6.07 Å². The summed E-state index contributed by atoms with van der Waals surface area (Å²) in [5, 5.41) is 2.94. The third-order valence-electron chi connectivity index (χ3n) is 4.08. The highest BCUT2D eigenvalue weighted by Gasteiger charge is 2.26.